The van der Waals surface area contributed by atoms with Gasteiger partial charge in [0.1, 0.15) is 5.82 Å². The van der Waals surface area contributed by atoms with E-state index < -0.39 is 7.37 Å². The molecule has 0 saturated heterocycles. The predicted octanol–water partition coefficient (Wildman–Crippen LogP) is 4.31. The van der Waals surface area contributed by atoms with Crippen LogP contribution in [0.25, 0.3) is 0 Å². The van der Waals surface area contributed by atoms with Crippen LogP contribution < -0.4 is 0 Å². The molecule has 2 nitrogen and oxygen atoms in total. The monoisotopic (exact) mass is 264 g/mol. The first kappa shape index (κ1) is 13.7. The maximum absolute atomic E-state index is 13.3. The summed E-state index contributed by atoms with van der Waals surface area (Å²) >= 11 is 5.74. The normalized spacial score (nSPS) is 11.8. The van der Waals surface area contributed by atoms with Gasteiger partial charge in [0, 0.05) is 22.9 Å². The Morgan fingerprint density at radius 1 is 1.38 bits per heavy atom. The second kappa shape index (κ2) is 5.81. The minimum Gasteiger partial charge on any atom is -0.324 e. The van der Waals surface area contributed by atoms with E-state index in [-0.39, 0.29) is 12.4 Å². The largest absolute Gasteiger partial charge is 0.324 e. The molecule has 0 fully saturated rings. The third kappa shape index (κ3) is 3.58. The fraction of sp³-hybridized carbons (Fsp3) is 0.455. The molecule has 1 rings (SSSR count). The first-order valence-corrected chi connectivity index (χ1v) is 7.54. The van der Waals surface area contributed by atoms with E-state index >= 15 is 0 Å². The highest BCUT2D eigenvalue weighted by atomic mass is 35.5. The van der Waals surface area contributed by atoms with Crippen LogP contribution in [0.5, 0.6) is 0 Å². The lowest BCUT2D eigenvalue weighted by atomic mass is 10.2. The fourth-order valence-electron chi connectivity index (χ4n) is 1.25. The van der Waals surface area contributed by atoms with E-state index in [9.17, 15) is 8.96 Å². The molecule has 90 valence electrons. The first-order chi connectivity index (χ1) is 7.50. The smallest absolute Gasteiger partial charge is 0.202 e. The molecule has 0 bridgehead atoms. The number of hydrogen-bond acceptors (Lipinski definition) is 2. The third-order valence-electron chi connectivity index (χ3n) is 2.43. The summed E-state index contributed by atoms with van der Waals surface area (Å²) in [5, 5.41) is 0.447. The quantitative estimate of drug-likeness (QED) is 0.741. The van der Waals surface area contributed by atoms with Crippen molar-refractivity contribution >= 4 is 19.0 Å². The van der Waals surface area contributed by atoms with Crippen LogP contribution in [-0.4, -0.2) is 12.3 Å². The minimum atomic E-state index is -2.59. The molecule has 0 aliphatic heterocycles. The van der Waals surface area contributed by atoms with Gasteiger partial charge in [-0.05, 0) is 18.2 Å². The lowest BCUT2D eigenvalue weighted by Crippen LogP contribution is -1.98. The van der Waals surface area contributed by atoms with Crippen LogP contribution in [0.2, 0.25) is 5.02 Å². The summed E-state index contributed by atoms with van der Waals surface area (Å²) in [6.45, 7) is 3.61. The molecule has 1 aromatic carbocycles. The van der Waals surface area contributed by atoms with E-state index in [1.54, 1.807) is 13.8 Å². The first-order valence-electron chi connectivity index (χ1n) is 5.17. The number of hydrogen-bond donors (Lipinski definition) is 0. The van der Waals surface area contributed by atoms with Crippen molar-refractivity contribution < 1.29 is 13.5 Å². The molecule has 0 amide bonds. The Morgan fingerprint density at radius 3 is 2.56 bits per heavy atom. The average molecular weight is 265 g/mol. The van der Waals surface area contributed by atoms with Gasteiger partial charge in [-0.15, -0.1) is 0 Å². The molecular formula is C11H15ClFO2P. The topological polar surface area (TPSA) is 26.3 Å². The molecule has 0 radical (unpaired) electrons. The van der Waals surface area contributed by atoms with E-state index in [4.69, 9.17) is 16.1 Å². The zero-order valence-electron chi connectivity index (χ0n) is 9.37. The van der Waals surface area contributed by atoms with Gasteiger partial charge in [0.05, 0.1) is 6.61 Å². The summed E-state index contributed by atoms with van der Waals surface area (Å²) in [6, 6.07) is 4.25. The molecule has 0 unspecified atom stereocenters. The van der Waals surface area contributed by atoms with E-state index in [1.165, 1.54) is 18.2 Å². The zero-order chi connectivity index (χ0) is 12.2. The van der Waals surface area contributed by atoms with Crippen molar-refractivity contribution in [1.82, 2.24) is 0 Å². The van der Waals surface area contributed by atoms with E-state index in [1.807, 2.05) is 0 Å². The lowest BCUT2D eigenvalue weighted by Gasteiger charge is -2.15. The molecule has 1 aromatic rings. The van der Waals surface area contributed by atoms with E-state index in [0.29, 0.717) is 22.9 Å². The molecule has 0 aliphatic rings. The number of halogens is 2. The summed E-state index contributed by atoms with van der Waals surface area (Å²) in [5.41, 5.74) is 0.342. The summed E-state index contributed by atoms with van der Waals surface area (Å²) in [6.07, 6.45) is 0.928. The minimum absolute atomic E-state index is 0.00531. The van der Waals surface area contributed by atoms with Crippen LogP contribution in [0.15, 0.2) is 18.2 Å². The molecule has 0 atom stereocenters. The van der Waals surface area contributed by atoms with Gasteiger partial charge in [-0.25, -0.2) is 4.39 Å². The Labute approximate surface area is 100 Å². The molecule has 0 spiro atoms. The van der Waals surface area contributed by atoms with Crippen molar-refractivity contribution in [2.75, 3.05) is 12.3 Å². The predicted molar refractivity (Wildman–Crippen MR) is 64.9 cm³/mol. The highest BCUT2D eigenvalue weighted by Gasteiger charge is 2.18. The van der Waals surface area contributed by atoms with E-state index in [0.717, 1.165) is 0 Å². The van der Waals surface area contributed by atoms with Gasteiger partial charge in [-0.2, -0.15) is 0 Å². The molecule has 0 heterocycles. The molecule has 16 heavy (non-hydrogen) atoms. The van der Waals surface area contributed by atoms with Gasteiger partial charge in [0.15, 0.2) is 0 Å². The second-order valence-corrected chi connectivity index (χ2v) is 7.04. The Kier molecular flexibility index (Phi) is 4.97. The van der Waals surface area contributed by atoms with Gasteiger partial charge in [0.25, 0.3) is 0 Å². The lowest BCUT2D eigenvalue weighted by molar-refractivity contribution is 0.298. The van der Waals surface area contributed by atoms with Gasteiger partial charge >= 0.3 is 0 Å². The molecular weight excluding hydrogens is 250 g/mol. The van der Waals surface area contributed by atoms with Gasteiger partial charge in [-0.3, -0.25) is 4.57 Å². The SMILES string of the molecule is CCP(=O)(CC)OCc1cc(Cl)ccc1F. The van der Waals surface area contributed by atoms with Gasteiger partial charge in [0.2, 0.25) is 7.37 Å². The van der Waals surface area contributed by atoms with E-state index in [2.05, 4.69) is 0 Å². The van der Waals surface area contributed by atoms with Crippen molar-refractivity contribution in [2.45, 2.75) is 20.5 Å². The van der Waals surface area contributed by atoms with Crippen molar-refractivity contribution in [3.05, 3.63) is 34.6 Å². The highest BCUT2D eigenvalue weighted by Crippen LogP contribution is 2.46. The number of rotatable bonds is 5. The summed E-state index contributed by atoms with van der Waals surface area (Å²) in [7, 11) is -2.59. The van der Waals surface area contributed by atoms with Crippen LogP contribution in [0.3, 0.4) is 0 Å². The fourth-order valence-corrected chi connectivity index (χ4v) is 2.63. The van der Waals surface area contributed by atoms with Crippen molar-refractivity contribution in [3.8, 4) is 0 Å². The molecule has 0 aromatic heterocycles. The standard InChI is InChI=1S/C11H15ClFO2P/c1-3-16(14,4-2)15-8-9-7-10(12)5-6-11(9)13/h5-7H,3-4,8H2,1-2H3. The van der Waals surface area contributed by atoms with Crippen molar-refractivity contribution in [2.24, 2.45) is 0 Å². The Balaban J connectivity index is 2.74. The third-order valence-corrected chi connectivity index (χ3v) is 5.19. The Hall–Kier alpha value is -0.370. The highest BCUT2D eigenvalue weighted by molar-refractivity contribution is 7.58. The van der Waals surface area contributed by atoms with Crippen LogP contribution in [0.1, 0.15) is 19.4 Å². The van der Waals surface area contributed by atoms with Crippen LogP contribution in [-0.2, 0) is 15.7 Å². The molecule has 0 saturated carbocycles. The molecule has 0 aliphatic carbocycles. The maximum atomic E-state index is 13.3. The number of benzene rings is 1. The Morgan fingerprint density at radius 2 is 2.00 bits per heavy atom. The van der Waals surface area contributed by atoms with Gasteiger partial charge in [-0.1, -0.05) is 25.4 Å². The van der Waals surface area contributed by atoms with Crippen LogP contribution in [0.4, 0.5) is 4.39 Å². The van der Waals surface area contributed by atoms with Gasteiger partial charge < -0.3 is 4.52 Å². The zero-order valence-corrected chi connectivity index (χ0v) is 11.0. The average Bonchev–Trinajstić information content (AvgIpc) is 2.30. The van der Waals surface area contributed by atoms with Crippen LogP contribution >= 0.6 is 19.0 Å². The summed E-state index contributed by atoms with van der Waals surface area (Å²) in [4.78, 5) is 0. The summed E-state index contributed by atoms with van der Waals surface area (Å²) < 4.78 is 30.6. The van der Waals surface area contributed by atoms with Crippen LogP contribution in [0, 0.1) is 5.82 Å². The van der Waals surface area contributed by atoms with Crippen molar-refractivity contribution in [3.63, 3.8) is 0 Å². The maximum Gasteiger partial charge on any atom is 0.202 e. The van der Waals surface area contributed by atoms with Crippen molar-refractivity contribution in [1.29, 1.82) is 0 Å². The second-order valence-electron chi connectivity index (χ2n) is 3.46. The molecule has 0 N–H and O–H groups in total. The molecule has 5 heteroatoms. The Bertz CT molecular complexity index is 401. The summed E-state index contributed by atoms with van der Waals surface area (Å²) in [5.74, 6) is -0.386.